The van der Waals surface area contributed by atoms with Crippen molar-refractivity contribution in [1.29, 1.82) is 0 Å². The zero-order valence-corrected chi connectivity index (χ0v) is 14.1. The number of likely N-dealkylation sites (tertiary alicyclic amines) is 1. The summed E-state index contributed by atoms with van der Waals surface area (Å²) in [6.45, 7) is 3.40. The van der Waals surface area contributed by atoms with Gasteiger partial charge < -0.3 is 15.0 Å². The van der Waals surface area contributed by atoms with E-state index in [0.717, 1.165) is 12.8 Å². The minimum absolute atomic E-state index is 0.00787. The molecular formula is C17H23ClN2O3. The number of carbonyl (C=O) groups excluding carboxylic acids is 2. The van der Waals surface area contributed by atoms with Crippen molar-refractivity contribution >= 4 is 23.4 Å². The summed E-state index contributed by atoms with van der Waals surface area (Å²) in [4.78, 5) is 25.1. The number of nitrogens with zero attached hydrogens (tertiary/aromatic N) is 1. The maximum atomic E-state index is 12.2. The zero-order valence-electron chi connectivity index (χ0n) is 13.4. The highest BCUT2D eigenvalue weighted by Gasteiger charge is 2.22. The Balaban J connectivity index is 1.64. The molecule has 1 fully saturated rings. The van der Waals surface area contributed by atoms with Gasteiger partial charge in [-0.1, -0.05) is 23.7 Å². The third kappa shape index (κ3) is 5.75. The number of ether oxygens (including phenoxy) is 1. The summed E-state index contributed by atoms with van der Waals surface area (Å²) in [5, 5.41) is 3.49. The van der Waals surface area contributed by atoms with E-state index in [2.05, 4.69) is 5.32 Å². The molecule has 2 rings (SSSR count). The number of hydrogen-bond donors (Lipinski definition) is 1. The first kappa shape index (κ1) is 17.6. The molecule has 1 aliphatic rings. The quantitative estimate of drug-likeness (QED) is 0.811. The van der Waals surface area contributed by atoms with Crippen molar-refractivity contribution < 1.29 is 14.3 Å². The predicted octanol–water partition coefficient (Wildman–Crippen LogP) is 2.63. The van der Waals surface area contributed by atoms with Gasteiger partial charge in [-0.15, -0.1) is 0 Å². The van der Waals surface area contributed by atoms with Crippen LogP contribution in [0.2, 0.25) is 5.02 Å². The molecule has 2 amide bonds. The Labute approximate surface area is 141 Å². The third-order valence-electron chi connectivity index (χ3n) is 3.88. The molecule has 0 atom stereocenters. The van der Waals surface area contributed by atoms with E-state index < -0.39 is 0 Å². The average Bonchev–Trinajstić information content (AvgIpc) is 2.53. The summed E-state index contributed by atoms with van der Waals surface area (Å²) in [6, 6.07) is 7.51. The number of halogens is 1. The van der Waals surface area contributed by atoms with Crippen molar-refractivity contribution in [2.24, 2.45) is 0 Å². The number of nitrogens with one attached hydrogen (secondary N) is 1. The number of piperidine rings is 1. The topological polar surface area (TPSA) is 58.6 Å². The molecule has 0 radical (unpaired) electrons. The van der Waals surface area contributed by atoms with Crippen molar-refractivity contribution in [3.05, 3.63) is 29.3 Å². The minimum atomic E-state index is -0.00787. The average molecular weight is 339 g/mol. The molecule has 1 heterocycles. The largest absolute Gasteiger partial charge is 0.492 e. The van der Waals surface area contributed by atoms with Gasteiger partial charge in [0, 0.05) is 32.5 Å². The Kier molecular flexibility index (Phi) is 6.71. The Morgan fingerprint density at radius 3 is 2.65 bits per heavy atom. The molecule has 1 saturated heterocycles. The van der Waals surface area contributed by atoms with Crippen LogP contribution in [0, 0.1) is 0 Å². The van der Waals surface area contributed by atoms with Crippen LogP contribution in [-0.2, 0) is 9.59 Å². The third-order valence-corrected chi connectivity index (χ3v) is 4.20. The lowest BCUT2D eigenvalue weighted by Crippen LogP contribution is -2.46. The summed E-state index contributed by atoms with van der Waals surface area (Å²) in [6.07, 6.45) is 2.77. The number of amides is 2. The zero-order chi connectivity index (χ0) is 16.7. The van der Waals surface area contributed by atoms with Gasteiger partial charge in [-0.3, -0.25) is 9.59 Å². The molecule has 0 bridgehead atoms. The first-order chi connectivity index (χ1) is 11.1. The van der Waals surface area contributed by atoms with Crippen LogP contribution in [0.5, 0.6) is 5.75 Å². The molecule has 1 N–H and O–H groups in total. The second-order valence-electron chi connectivity index (χ2n) is 5.74. The van der Waals surface area contributed by atoms with Gasteiger partial charge in [0.1, 0.15) is 5.75 Å². The van der Waals surface area contributed by atoms with Crippen LogP contribution in [0.1, 0.15) is 32.6 Å². The number of carbonyl (C=O) groups is 2. The molecule has 1 aliphatic heterocycles. The van der Waals surface area contributed by atoms with Crippen LogP contribution in [0.4, 0.5) is 0 Å². The van der Waals surface area contributed by atoms with Crippen molar-refractivity contribution in [1.82, 2.24) is 10.2 Å². The van der Waals surface area contributed by atoms with E-state index in [1.807, 2.05) is 23.1 Å². The van der Waals surface area contributed by atoms with Crippen LogP contribution in [0.15, 0.2) is 24.3 Å². The maximum Gasteiger partial charge on any atom is 0.222 e. The SMILES string of the molecule is CC(=O)NC1CCN(C(=O)CCCOc2ccccc2Cl)CC1. The number of hydrogen-bond acceptors (Lipinski definition) is 3. The number of para-hydroxylation sites is 1. The number of benzene rings is 1. The molecule has 23 heavy (non-hydrogen) atoms. The molecule has 0 aromatic heterocycles. The van der Waals surface area contributed by atoms with E-state index in [1.165, 1.54) is 6.92 Å². The van der Waals surface area contributed by atoms with Crippen LogP contribution in [0.3, 0.4) is 0 Å². The van der Waals surface area contributed by atoms with Gasteiger partial charge in [-0.05, 0) is 31.4 Å². The van der Waals surface area contributed by atoms with Crippen molar-refractivity contribution in [3.63, 3.8) is 0 Å². The highest BCUT2D eigenvalue weighted by atomic mass is 35.5. The Hall–Kier alpha value is -1.75. The van der Waals surface area contributed by atoms with E-state index in [1.54, 1.807) is 6.07 Å². The van der Waals surface area contributed by atoms with Gasteiger partial charge in [0.05, 0.1) is 11.6 Å². The summed E-state index contributed by atoms with van der Waals surface area (Å²) < 4.78 is 5.59. The van der Waals surface area contributed by atoms with Gasteiger partial charge in [-0.25, -0.2) is 0 Å². The van der Waals surface area contributed by atoms with Gasteiger partial charge in [0.25, 0.3) is 0 Å². The summed E-state index contributed by atoms with van der Waals surface area (Å²) >= 11 is 6.01. The maximum absolute atomic E-state index is 12.2. The second-order valence-corrected chi connectivity index (χ2v) is 6.15. The first-order valence-corrected chi connectivity index (χ1v) is 8.36. The van der Waals surface area contributed by atoms with Gasteiger partial charge in [0.15, 0.2) is 0 Å². The summed E-state index contributed by atoms with van der Waals surface area (Å²) in [5.41, 5.74) is 0. The van der Waals surface area contributed by atoms with E-state index in [9.17, 15) is 9.59 Å². The summed E-state index contributed by atoms with van der Waals surface area (Å²) in [7, 11) is 0. The molecular weight excluding hydrogens is 316 g/mol. The van der Waals surface area contributed by atoms with Crippen molar-refractivity contribution in [2.45, 2.75) is 38.6 Å². The molecule has 0 aliphatic carbocycles. The van der Waals surface area contributed by atoms with Gasteiger partial charge >= 0.3 is 0 Å². The fourth-order valence-electron chi connectivity index (χ4n) is 2.69. The molecule has 126 valence electrons. The minimum Gasteiger partial charge on any atom is -0.492 e. The van der Waals surface area contributed by atoms with Gasteiger partial charge in [-0.2, -0.15) is 0 Å². The van der Waals surface area contributed by atoms with Gasteiger partial charge in [0.2, 0.25) is 11.8 Å². The fraction of sp³-hybridized carbons (Fsp3) is 0.529. The Morgan fingerprint density at radius 2 is 2.00 bits per heavy atom. The van der Waals surface area contributed by atoms with Crippen LogP contribution < -0.4 is 10.1 Å². The lowest BCUT2D eigenvalue weighted by molar-refractivity contribution is -0.132. The van der Waals surface area contributed by atoms with E-state index in [-0.39, 0.29) is 17.9 Å². The normalized spacial score (nSPS) is 15.3. The smallest absolute Gasteiger partial charge is 0.222 e. The predicted molar refractivity (Wildman–Crippen MR) is 89.6 cm³/mol. The molecule has 1 aromatic rings. The first-order valence-electron chi connectivity index (χ1n) is 7.98. The molecule has 6 heteroatoms. The monoisotopic (exact) mass is 338 g/mol. The van der Waals surface area contributed by atoms with Crippen molar-refractivity contribution in [2.75, 3.05) is 19.7 Å². The summed E-state index contributed by atoms with van der Waals surface area (Å²) in [5.74, 6) is 0.790. The lowest BCUT2D eigenvalue weighted by Gasteiger charge is -2.32. The van der Waals surface area contributed by atoms with Crippen LogP contribution in [-0.4, -0.2) is 42.5 Å². The van der Waals surface area contributed by atoms with Crippen molar-refractivity contribution in [3.8, 4) is 5.75 Å². The number of rotatable bonds is 6. The highest BCUT2D eigenvalue weighted by molar-refractivity contribution is 6.32. The molecule has 1 aromatic carbocycles. The van der Waals surface area contributed by atoms with E-state index in [0.29, 0.717) is 43.3 Å². The Bertz CT molecular complexity index is 542. The van der Waals surface area contributed by atoms with E-state index in [4.69, 9.17) is 16.3 Å². The highest BCUT2D eigenvalue weighted by Crippen LogP contribution is 2.23. The lowest BCUT2D eigenvalue weighted by atomic mass is 10.0. The fourth-order valence-corrected chi connectivity index (χ4v) is 2.88. The molecule has 0 spiro atoms. The molecule has 0 saturated carbocycles. The molecule has 0 unspecified atom stereocenters. The second kappa shape index (κ2) is 8.77. The van der Waals surface area contributed by atoms with Crippen LogP contribution in [0.25, 0.3) is 0 Å². The van der Waals surface area contributed by atoms with E-state index >= 15 is 0 Å². The standard InChI is InChI=1S/C17H23ClN2O3/c1-13(21)19-14-8-10-20(11-9-14)17(22)7-4-12-23-16-6-3-2-5-15(16)18/h2-3,5-6,14H,4,7-12H2,1H3,(H,19,21). The van der Waals surface area contributed by atoms with Crippen LogP contribution >= 0.6 is 11.6 Å². The Morgan fingerprint density at radius 1 is 1.30 bits per heavy atom. The molecule has 5 nitrogen and oxygen atoms in total.